The van der Waals surface area contributed by atoms with E-state index in [1.54, 1.807) is 0 Å². The molecule has 0 radical (unpaired) electrons. The Labute approximate surface area is 156 Å². The normalized spacial score (nSPS) is 27.1. The van der Waals surface area contributed by atoms with Crippen molar-refractivity contribution in [2.45, 2.75) is 64.6 Å². The number of hydrazine groups is 1. The molecule has 2 N–H and O–H groups in total. The number of aromatic nitrogens is 1. The number of rotatable bonds is 4. The summed E-state index contributed by atoms with van der Waals surface area (Å²) >= 11 is 0. The van der Waals surface area contributed by atoms with Crippen LogP contribution < -0.4 is 10.9 Å². The number of nitrogens with zero attached hydrogens (tertiary/aromatic N) is 2. The van der Waals surface area contributed by atoms with E-state index in [2.05, 4.69) is 59.0 Å². The van der Waals surface area contributed by atoms with Gasteiger partial charge in [0.05, 0.1) is 11.6 Å². The molecule has 2 fully saturated rings. The standard InChI is InChI=1S/C21H30N4O/c1-14-7-8-17(10-15(14)2)13-25-9-5-4-6-19(25)21-18(12-22-23-21)20-11-16(3)24-26-20/h7-8,10-11,18-19,21-23H,4-6,9,12-13H2,1-3H3. The van der Waals surface area contributed by atoms with Crippen LogP contribution in [-0.4, -0.2) is 35.2 Å². The highest BCUT2D eigenvalue weighted by molar-refractivity contribution is 5.30. The van der Waals surface area contributed by atoms with Crippen molar-refractivity contribution in [2.75, 3.05) is 13.1 Å². The predicted molar refractivity (Wildman–Crippen MR) is 103 cm³/mol. The van der Waals surface area contributed by atoms with E-state index in [-0.39, 0.29) is 0 Å². The maximum atomic E-state index is 5.60. The molecule has 1 aromatic heterocycles. The second kappa shape index (κ2) is 7.51. The van der Waals surface area contributed by atoms with Crippen molar-refractivity contribution >= 4 is 0 Å². The first-order valence-electron chi connectivity index (χ1n) is 9.83. The van der Waals surface area contributed by atoms with Gasteiger partial charge in [0.2, 0.25) is 0 Å². The zero-order valence-corrected chi connectivity index (χ0v) is 16.1. The lowest BCUT2D eigenvalue weighted by atomic mass is 9.86. The van der Waals surface area contributed by atoms with E-state index < -0.39 is 0 Å². The summed E-state index contributed by atoms with van der Waals surface area (Å²) in [7, 11) is 0. The molecule has 0 aliphatic carbocycles. The van der Waals surface area contributed by atoms with Crippen molar-refractivity contribution in [1.29, 1.82) is 0 Å². The van der Waals surface area contributed by atoms with Crippen LogP contribution in [0.3, 0.4) is 0 Å². The highest BCUT2D eigenvalue weighted by Crippen LogP contribution is 2.32. The lowest BCUT2D eigenvalue weighted by Gasteiger charge is -2.40. The zero-order valence-electron chi connectivity index (χ0n) is 16.1. The summed E-state index contributed by atoms with van der Waals surface area (Å²) in [5, 5.41) is 4.10. The first-order valence-corrected chi connectivity index (χ1v) is 9.83. The molecule has 2 aliphatic rings. The van der Waals surface area contributed by atoms with E-state index in [1.165, 1.54) is 36.0 Å². The van der Waals surface area contributed by atoms with Crippen molar-refractivity contribution in [2.24, 2.45) is 0 Å². The Hall–Kier alpha value is -1.69. The monoisotopic (exact) mass is 354 g/mol. The van der Waals surface area contributed by atoms with E-state index >= 15 is 0 Å². The first-order chi connectivity index (χ1) is 12.6. The van der Waals surface area contributed by atoms with Gasteiger partial charge in [-0.2, -0.15) is 0 Å². The summed E-state index contributed by atoms with van der Waals surface area (Å²) in [5.41, 5.74) is 12.0. The van der Waals surface area contributed by atoms with Crippen molar-refractivity contribution < 1.29 is 4.52 Å². The minimum absolute atomic E-state index is 0.335. The lowest BCUT2D eigenvalue weighted by molar-refractivity contribution is 0.103. The van der Waals surface area contributed by atoms with Crippen LogP contribution in [0.5, 0.6) is 0 Å². The molecule has 3 unspecified atom stereocenters. The quantitative estimate of drug-likeness (QED) is 0.883. The molecule has 2 aromatic rings. The molecular weight excluding hydrogens is 324 g/mol. The van der Waals surface area contributed by atoms with Gasteiger partial charge in [-0.3, -0.25) is 15.8 Å². The molecule has 5 nitrogen and oxygen atoms in total. The van der Waals surface area contributed by atoms with Crippen LogP contribution >= 0.6 is 0 Å². The van der Waals surface area contributed by atoms with Gasteiger partial charge in [-0.1, -0.05) is 29.8 Å². The van der Waals surface area contributed by atoms with Gasteiger partial charge in [0.25, 0.3) is 0 Å². The number of aryl methyl sites for hydroxylation is 3. The molecule has 0 bridgehead atoms. The number of benzene rings is 1. The molecule has 3 atom stereocenters. The Morgan fingerprint density at radius 1 is 1.15 bits per heavy atom. The van der Waals surface area contributed by atoms with Gasteiger partial charge in [0.15, 0.2) is 0 Å². The fraction of sp³-hybridized carbons (Fsp3) is 0.571. The van der Waals surface area contributed by atoms with Gasteiger partial charge < -0.3 is 4.52 Å². The van der Waals surface area contributed by atoms with Crippen LogP contribution in [-0.2, 0) is 6.54 Å². The highest BCUT2D eigenvalue weighted by Gasteiger charge is 2.40. The number of hydrogen-bond acceptors (Lipinski definition) is 5. The molecule has 4 rings (SSSR count). The summed E-state index contributed by atoms with van der Waals surface area (Å²) < 4.78 is 5.60. The SMILES string of the molecule is Cc1cc(C2CNNC2C2CCCCN2Cc2ccc(C)c(C)c2)on1. The van der Waals surface area contributed by atoms with E-state index in [9.17, 15) is 0 Å². The van der Waals surface area contributed by atoms with Crippen LogP contribution in [0, 0.1) is 20.8 Å². The maximum Gasteiger partial charge on any atom is 0.143 e. The minimum atomic E-state index is 0.335. The van der Waals surface area contributed by atoms with Crippen LogP contribution in [0.2, 0.25) is 0 Å². The molecule has 2 saturated heterocycles. The Kier molecular flexibility index (Phi) is 5.11. The van der Waals surface area contributed by atoms with Crippen molar-refractivity contribution in [1.82, 2.24) is 20.9 Å². The second-order valence-corrected chi connectivity index (χ2v) is 7.98. The van der Waals surface area contributed by atoms with Gasteiger partial charge in [0, 0.05) is 31.2 Å². The summed E-state index contributed by atoms with van der Waals surface area (Å²) in [6.45, 7) is 9.46. The molecule has 0 saturated carbocycles. The Bertz CT molecular complexity index is 756. The summed E-state index contributed by atoms with van der Waals surface area (Å²) in [4.78, 5) is 2.66. The van der Waals surface area contributed by atoms with Crippen molar-refractivity contribution in [3.05, 3.63) is 52.4 Å². The molecule has 0 amide bonds. The molecule has 140 valence electrons. The minimum Gasteiger partial charge on any atom is -0.361 e. The van der Waals surface area contributed by atoms with E-state index in [0.29, 0.717) is 18.0 Å². The molecule has 1 aromatic carbocycles. The Balaban J connectivity index is 1.53. The van der Waals surface area contributed by atoms with Gasteiger partial charge in [-0.05, 0) is 56.8 Å². The molecule has 26 heavy (non-hydrogen) atoms. The number of piperidine rings is 1. The molecule has 3 heterocycles. The predicted octanol–water partition coefficient (Wildman–Crippen LogP) is 3.21. The zero-order chi connectivity index (χ0) is 18.1. The Morgan fingerprint density at radius 2 is 2.04 bits per heavy atom. The van der Waals surface area contributed by atoms with Crippen LogP contribution in [0.25, 0.3) is 0 Å². The van der Waals surface area contributed by atoms with Crippen molar-refractivity contribution in [3.63, 3.8) is 0 Å². The number of likely N-dealkylation sites (tertiary alicyclic amines) is 1. The average molecular weight is 354 g/mol. The van der Waals surface area contributed by atoms with E-state index in [1.807, 2.05) is 6.92 Å². The maximum absolute atomic E-state index is 5.60. The summed E-state index contributed by atoms with van der Waals surface area (Å²) in [6.07, 6.45) is 3.82. The third-order valence-electron chi connectivity index (χ3n) is 6.07. The third kappa shape index (κ3) is 3.56. The van der Waals surface area contributed by atoms with Crippen LogP contribution in [0.15, 0.2) is 28.8 Å². The largest absolute Gasteiger partial charge is 0.361 e. The van der Waals surface area contributed by atoms with E-state index in [4.69, 9.17) is 4.52 Å². The first kappa shape index (κ1) is 17.7. The van der Waals surface area contributed by atoms with Crippen LogP contribution in [0.4, 0.5) is 0 Å². The fourth-order valence-corrected chi connectivity index (χ4v) is 4.47. The van der Waals surface area contributed by atoms with Gasteiger partial charge in [-0.15, -0.1) is 0 Å². The lowest BCUT2D eigenvalue weighted by Crippen LogP contribution is -2.52. The molecule has 2 aliphatic heterocycles. The van der Waals surface area contributed by atoms with Crippen molar-refractivity contribution in [3.8, 4) is 0 Å². The van der Waals surface area contributed by atoms with Gasteiger partial charge in [0.1, 0.15) is 5.76 Å². The number of hydrogen-bond donors (Lipinski definition) is 2. The third-order valence-corrected chi connectivity index (χ3v) is 6.07. The second-order valence-electron chi connectivity index (χ2n) is 7.98. The average Bonchev–Trinajstić information content (AvgIpc) is 3.27. The summed E-state index contributed by atoms with van der Waals surface area (Å²) in [6, 6.07) is 9.83. The smallest absolute Gasteiger partial charge is 0.143 e. The van der Waals surface area contributed by atoms with Gasteiger partial charge in [-0.25, -0.2) is 0 Å². The van der Waals surface area contributed by atoms with E-state index in [0.717, 1.165) is 31.1 Å². The fourth-order valence-electron chi connectivity index (χ4n) is 4.47. The molecule has 5 heteroatoms. The van der Waals surface area contributed by atoms with Crippen LogP contribution in [0.1, 0.15) is 53.3 Å². The Morgan fingerprint density at radius 3 is 2.81 bits per heavy atom. The van der Waals surface area contributed by atoms with Gasteiger partial charge >= 0.3 is 0 Å². The topological polar surface area (TPSA) is 53.3 Å². The summed E-state index contributed by atoms with van der Waals surface area (Å²) in [5.74, 6) is 1.34. The number of nitrogens with one attached hydrogen (secondary N) is 2. The highest BCUT2D eigenvalue weighted by atomic mass is 16.5. The molecule has 0 spiro atoms. The molecular formula is C21H30N4O.